The smallest absolute Gasteiger partial charge is 0.333 e. The van der Waals surface area contributed by atoms with Crippen LogP contribution in [0, 0.1) is 56.7 Å². The fourth-order valence-electron chi connectivity index (χ4n) is 12.3. The van der Waals surface area contributed by atoms with Crippen LogP contribution in [0.4, 0.5) is 0 Å². The largest absolute Gasteiger partial charge is 0.481 e. The van der Waals surface area contributed by atoms with Crippen LogP contribution >= 0.6 is 0 Å². The zero-order valence-electron chi connectivity index (χ0n) is 28.2. The van der Waals surface area contributed by atoms with E-state index in [1.807, 2.05) is 6.92 Å². The third-order valence-electron chi connectivity index (χ3n) is 15.2. The molecule has 0 aromatic rings. The standard InChI is InChI=1S/C37H56O6/c1-10-22(3)30(38)43-28-20-23(4)24(5)29-25-12-13-27-34(9,33(25,8)16-18-36(28,29)31(39)40)15-14-26-32(6,7)37(41-11-2)19-17-35(26,27)21-42-37/h10,12,23-24,26-29H,11,13-21H2,1-9H3,(H,39,40)/b22-10-/t23-,24+,26+,27+,28-,29+,33-,34-,35-,36-,37+/m1/s1. The molecule has 4 saturated carbocycles. The maximum absolute atomic E-state index is 13.5. The molecule has 2 bridgehead atoms. The molecule has 6 nitrogen and oxygen atoms in total. The van der Waals surface area contributed by atoms with Crippen molar-refractivity contribution in [2.24, 2.45) is 56.7 Å². The molecule has 2 heterocycles. The van der Waals surface area contributed by atoms with Gasteiger partial charge >= 0.3 is 11.9 Å². The number of carboxylic acids is 1. The maximum atomic E-state index is 13.5. The van der Waals surface area contributed by atoms with Gasteiger partial charge in [0.15, 0.2) is 5.79 Å². The van der Waals surface area contributed by atoms with Crippen molar-refractivity contribution in [1.29, 1.82) is 0 Å². The van der Waals surface area contributed by atoms with Gasteiger partial charge in [-0.25, -0.2) is 4.79 Å². The molecule has 1 N–H and O–H groups in total. The Labute approximate surface area is 259 Å². The summed E-state index contributed by atoms with van der Waals surface area (Å²) in [6, 6.07) is 0. The highest BCUT2D eigenvalue weighted by Crippen LogP contribution is 2.78. The lowest BCUT2D eigenvalue weighted by molar-refractivity contribution is -0.407. The fourth-order valence-corrected chi connectivity index (χ4v) is 12.3. The monoisotopic (exact) mass is 596 g/mol. The quantitative estimate of drug-likeness (QED) is 0.197. The Hall–Kier alpha value is -1.66. The lowest BCUT2D eigenvalue weighted by Crippen LogP contribution is -2.74. The van der Waals surface area contributed by atoms with E-state index in [1.165, 1.54) is 5.57 Å². The molecule has 0 radical (unpaired) electrons. The summed E-state index contributed by atoms with van der Waals surface area (Å²) in [6.45, 7) is 21.3. The molecule has 6 fully saturated rings. The highest BCUT2D eigenvalue weighted by atomic mass is 16.7. The predicted octanol–water partition coefficient (Wildman–Crippen LogP) is 7.96. The molecule has 6 heteroatoms. The first-order chi connectivity index (χ1) is 20.1. The van der Waals surface area contributed by atoms with Crippen molar-refractivity contribution in [1.82, 2.24) is 0 Å². The summed E-state index contributed by atoms with van der Waals surface area (Å²) in [5.74, 6) is -0.365. The van der Waals surface area contributed by atoms with Gasteiger partial charge < -0.3 is 19.3 Å². The molecule has 43 heavy (non-hydrogen) atoms. The van der Waals surface area contributed by atoms with Gasteiger partial charge in [0.05, 0.1) is 6.61 Å². The normalized spacial score (nSPS) is 50.0. The molecule has 0 aromatic heterocycles. The third-order valence-corrected chi connectivity index (χ3v) is 15.2. The SMILES string of the molecule is C/C=C(/C)C(=O)O[C@@H]1C[C@@H](C)[C@H](C)[C@H]2C3=CC[C@@H]4[C@]56CC[C@](OCC)(OC5)C(C)(C)[C@@H]6CC[C@@]4(C)[C@]3(C)CC[C@]21C(=O)O. The topological polar surface area (TPSA) is 82.1 Å². The van der Waals surface area contributed by atoms with E-state index in [4.69, 9.17) is 14.2 Å². The number of carbonyl (C=O) groups excluding carboxylic acids is 1. The van der Waals surface area contributed by atoms with E-state index < -0.39 is 23.3 Å². The summed E-state index contributed by atoms with van der Waals surface area (Å²) in [7, 11) is 0. The number of ether oxygens (including phenoxy) is 3. The third kappa shape index (κ3) is 3.71. The van der Waals surface area contributed by atoms with E-state index in [1.54, 1.807) is 13.0 Å². The van der Waals surface area contributed by atoms with E-state index in [2.05, 4.69) is 54.5 Å². The summed E-state index contributed by atoms with van der Waals surface area (Å²) < 4.78 is 19.4. The van der Waals surface area contributed by atoms with Gasteiger partial charge in [0, 0.05) is 35.3 Å². The number of hydrogen-bond donors (Lipinski definition) is 1. The Bertz CT molecular complexity index is 1240. The van der Waals surface area contributed by atoms with Crippen LogP contribution in [-0.4, -0.2) is 42.1 Å². The second-order valence-corrected chi connectivity index (χ2v) is 16.5. The number of fused-ring (bicyclic) bond motifs is 7. The molecule has 2 saturated heterocycles. The molecule has 7 rings (SSSR count). The van der Waals surface area contributed by atoms with E-state index in [0.29, 0.717) is 36.9 Å². The summed E-state index contributed by atoms with van der Waals surface area (Å²) in [5, 5.41) is 11.1. The Morgan fingerprint density at radius 1 is 1.07 bits per heavy atom. The molecule has 0 aromatic carbocycles. The first kappa shape index (κ1) is 31.3. The zero-order valence-corrected chi connectivity index (χ0v) is 28.2. The van der Waals surface area contributed by atoms with Gasteiger partial charge in [-0.3, -0.25) is 4.79 Å². The minimum atomic E-state index is -1.10. The number of esters is 1. The van der Waals surface area contributed by atoms with Gasteiger partial charge in [-0.2, -0.15) is 0 Å². The lowest BCUT2D eigenvalue weighted by atomic mass is 9.32. The minimum Gasteiger partial charge on any atom is -0.481 e. The number of hydrogen-bond acceptors (Lipinski definition) is 5. The highest BCUT2D eigenvalue weighted by Gasteiger charge is 2.75. The van der Waals surface area contributed by atoms with Crippen LogP contribution in [0.25, 0.3) is 0 Å². The summed E-state index contributed by atoms with van der Waals surface area (Å²) in [5.41, 5.74) is 0.737. The Morgan fingerprint density at radius 2 is 1.79 bits per heavy atom. The first-order valence-electron chi connectivity index (χ1n) is 17.2. The Balaban J connectivity index is 1.43. The first-order valence-corrected chi connectivity index (χ1v) is 17.2. The summed E-state index contributed by atoms with van der Waals surface area (Å²) in [6.07, 6.45) is 10.9. The molecule has 11 atom stereocenters. The average molecular weight is 597 g/mol. The second-order valence-electron chi connectivity index (χ2n) is 16.5. The Morgan fingerprint density at radius 3 is 2.40 bits per heavy atom. The van der Waals surface area contributed by atoms with Crippen LogP contribution in [0.5, 0.6) is 0 Å². The van der Waals surface area contributed by atoms with Gasteiger partial charge in [0.2, 0.25) is 0 Å². The number of carboxylic acid groups (broad SMARTS) is 1. The van der Waals surface area contributed by atoms with Gasteiger partial charge in [0.1, 0.15) is 11.5 Å². The van der Waals surface area contributed by atoms with E-state index in [9.17, 15) is 14.7 Å². The van der Waals surface area contributed by atoms with Crippen molar-refractivity contribution in [3.8, 4) is 0 Å². The van der Waals surface area contributed by atoms with Crippen molar-refractivity contribution < 1.29 is 28.9 Å². The minimum absolute atomic E-state index is 0.0365. The number of allylic oxidation sites excluding steroid dienone is 3. The van der Waals surface area contributed by atoms with Crippen LogP contribution < -0.4 is 0 Å². The molecular formula is C37H56O6. The zero-order chi connectivity index (χ0) is 31.4. The molecule has 1 spiro atoms. The van der Waals surface area contributed by atoms with Gasteiger partial charge in [-0.15, -0.1) is 0 Å². The molecule has 2 aliphatic heterocycles. The van der Waals surface area contributed by atoms with Crippen LogP contribution in [0.3, 0.4) is 0 Å². The number of carbonyl (C=O) groups is 2. The van der Waals surface area contributed by atoms with Crippen LogP contribution in [-0.2, 0) is 23.8 Å². The number of aliphatic carboxylic acids is 1. The fraction of sp³-hybridized carbons (Fsp3) is 0.838. The Kier molecular flexibility index (Phi) is 7.23. The highest BCUT2D eigenvalue weighted by molar-refractivity contribution is 5.88. The van der Waals surface area contributed by atoms with Crippen LogP contribution in [0.1, 0.15) is 114 Å². The lowest BCUT2D eigenvalue weighted by Gasteiger charge is -2.75. The molecule has 5 aliphatic carbocycles. The van der Waals surface area contributed by atoms with Crippen molar-refractivity contribution in [3.05, 3.63) is 23.3 Å². The van der Waals surface area contributed by atoms with Gasteiger partial charge in [0.25, 0.3) is 0 Å². The number of rotatable bonds is 5. The van der Waals surface area contributed by atoms with Crippen molar-refractivity contribution in [3.63, 3.8) is 0 Å². The van der Waals surface area contributed by atoms with Crippen molar-refractivity contribution in [2.75, 3.05) is 13.2 Å². The molecule has 7 aliphatic rings. The summed E-state index contributed by atoms with van der Waals surface area (Å²) in [4.78, 5) is 26.6. The van der Waals surface area contributed by atoms with E-state index in [-0.39, 0.29) is 45.4 Å². The maximum Gasteiger partial charge on any atom is 0.333 e. The van der Waals surface area contributed by atoms with Crippen LogP contribution in [0.15, 0.2) is 23.3 Å². The second kappa shape index (κ2) is 9.92. The molecule has 0 amide bonds. The molecular weight excluding hydrogens is 540 g/mol. The predicted molar refractivity (Wildman–Crippen MR) is 166 cm³/mol. The van der Waals surface area contributed by atoms with Crippen molar-refractivity contribution >= 4 is 11.9 Å². The van der Waals surface area contributed by atoms with E-state index >= 15 is 0 Å². The average Bonchev–Trinajstić information content (AvgIpc) is 2.95. The van der Waals surface area contributed by atoms with Gasteiger partial charge in [-0.1, -0.05) is 59.3 Å². The molecule has 0 unspecified atom stereocenters. The van der Waals surface area contributed by atoms with E-state index in [0.717, 1.165) is 45.1 Å². The molecule has 240 valence electrons. The summed E-state index contributed by atoms with van der Waals surface area (Å²) >= 11 is 0. The van der Waals surface area contributed by atoms with Crippen LogP contribution in [0.2, 0.25) is 0 Å². The van der Waals surface area contributed by atoms with Gasteiger partial charge in [-0.05, 0) is 100 Å². The van der Waals surface area contributed by atoms with Crippen molar-refractivity contribution in [2.45, 2.75) is 126 Å².